The van der Waals surface area contributed by atoms with Crippen LogP contribution in [0.25, 0.3) is 0 Å². The maximum Gasteiger partial charge on any atom is 0.464 e. The molecule has 0 aromatic heterocycles. The van der Waals surface area contributed by atoms with Crippen LogP contribution in [-0.4, -0.2) is 20.3 Å². The van der Waals surface area contributed by atoms with E-state index in [2.05, 4.69) is 12.2 Å². The van der Waals surface area contributed by atoms with Crippen LogP contribution in [0.2, 0.25) is 5.82 Å². The Kier molecular flexibility index (Phi) is 1.78. The summed E-state index contributed by atoms with van der Waals surface area (Å²) in [4.78, 5) is 0. The van der Waals surface area contributed by atoms with Gasteiger partial charge in [-0.25, -0.2) is 0 Å². The third-order valence-corrected chi connectivity index (χ3v) is 2.05. The number of hydrogen-bond donors (Lipinski definition) is 0. The van der Waals surface area contributed by atoms with Gasteiger partial charge in [0.05, 0.1) is 13.2 Å². The molecule has 0 amide bonds. The van der Waals surface area contributed by atoms with Crippen LogP contribution in [0.15, 0.2) is 12.2 Å². The van der Waals surface area contributed by atoms with Crippen LogP contribution in [0.1, 0.15) is 12.8 Å². The highest BCUT2D eigenvalue weighted by Gasteiger charge is 2.32. The van der Waals surface area contributed by atoms with Crippen LogP contribution in [0.5, 0.6) is 0 Å². The molecule has 0 aromatic carbocycles. The zero-order valence-electron chi connectivity index (χ0n) is 5.95. The number of rotatable bonds is 1. The van der Waals surface area contributed by atoms with E-state index in [-0.39, 0.29) is 7.12 Å². The second kappa shape index (κ2) is 2.76. The molecule has 0 bridgehead atoms. The maximum absolute atomic E-state index is 5.36. The lowest BCUT2D eigenvalue weighted by atomic mass is 9.72. The van der Waals surface area contributed by atoms with Gasteiger partial charge in [-0.15, -0.1) is 0 Å². The summed E-state index contributed by atoms with van der Waals surface area (Å²) in [6.45, 7) is 1.55. The molecule has 1 aliphatic carbocycles. The smallest absolute Gasteiger partial charge is 0.408 e. The van der Waals surface area contributed by atoms with Crippen molar-refractivity contribution in [1.29, 1.82) is 0 Å². The molecule has 1 atom stereocenters. The van der Waals surface area contributed by atoms with Gasteiger partial charge in [0.25, 0.3) is 0 Å². The first-order chi connectivity index (χ1) is 4.97. The lowest BCUT2D eigenvalue weighted by Gasteiger charge is -2.08. The molecule has 2 nitrogen and oxygen atoms in total. The van der Waals surface area contributed by atoms with Crippen molar-refractivity contribution in [1.82, 2.24) is 0 Å². The summed E-state index contributed by atoms with van der Waals surface area (Å²) in [6, 6.07) is 0. The van der Waals surface area contributed by atoms with Crippen molar-refractivity contribution in [2.45, 2.75) is 18.7 Å². The lowest BCUT2D eigenvalue weighted by Crippen LogP contribution is -2.19. The minimum absolute atomic E-state index is 0.0683. The number of allylic oxidation sites excluding steroid dienone is 2. The van der Waals surface area contributed by atoms with Crippen molar-refractivity contribution in [2.24, 2.45) is 0 Å². The Morgan fingerprint density at radius 2 is 2.10 bits per heavy atom. The first-order valence-corrected chi connectivity index (χ1v) is 3.87. The molecule has 1 aliphatic heterocycles. The Labute approximate surface area is 61.3 Å². The molecule has 1 saturated heterocycles. The normalized spacial score (nSPS) is 32.0. The van der Waals surface area contributed by atoms with Crippen molar-refractivity contribution in [3.8, 4) is 0 Å². The van der Waals surface area contributed by atoms with E-state index < -0.39 is 0 Å². The summed E-state index contributed by atoms with van der Waals surface area (Å²) in [5.41, 5.74) is 0. The Morgan fingerprint density at radius 1 is 1.30 bits per heavy atom. The molecule has 1 heterocycles. The van der Waals surface area contributed by atoms with Crippen LogP contribution in [-0.2, 0) is 9.31 Å². The molecule has 2 aliphatic rings. The van der Waals surface area contributed by atoms with Crippen LogP contribution < -0.4 is 0 Å². The molecule has 54 valence electrons. The van der Waals surface area contributed by atoms with Gasteiger partial charge in [-0.2, -0.15) is 0 Å². The summed E-state index contributed by atoms with van der Waals surface area (Å²) < 4.78 is 10.7. The van der Waals surface area contributed by atoms with Crippen molar-refractivity contribution in [3.63, 3.8) is 0 Å². The van der Waals surface area contributed by atoms with Crippen molar-refractivity contribution in [2.75, 3.05) is 13.2 Å². The Hall–Kier alpha value is -0.275. The van der Waals surface area contributed by atoms with Gasteiger partial charge in [0, 0.05) is 5.82 Å². The monoisotopic (exact) mass is 138 g/mol. The van der Waals surface area contributed by atoms with E-state index in [1.807, 2.05) is 0 Å². The molecule has 0 aromatic rings. The highest BCUT2D eigenvalue weighted by Crippen LogP contribution is 2.28. The second-order valence-corrected chi connectivity index (χ2v) is 2.78. The Morgan fingerprint density at radius 3 is 2.70 bits per heavy atom. The highest BCUT2D eigenvalue weighted by molar-refractivity contribution is 6.47. The van der Waals surface area contributed by atoms with E-state index in [1.54, 1.807) is 0 Å². The predicted molar refractivity (Wildman–Crippen MR) is 39.8 cm³/mol. The van der Waals surface area contributed by atoms with Crippen LogP contribution in [0.4, 0.5) is 0 Å². The van der Waals surface area contributed by atoms with E-state index in [0.29, 0.717) is 5.82 Å². The third-order valence-electron chi connectivity index (χ3n) is 2.05. The predicted octanol–water partition coefficient (Wildman–Crippen LogP) is 1.24. The van der Waals surface area contributed by atoms with Crippen molar-refractivity contribution >= 4 is 7.12 Å². The van der Waals surface area contributed by atoms with E-state index in [4.69, 9.17) is 9.31 Å². The summed E-state index contributed by atoms with van der Waals surface area (Å²) in [6.07, 6.45) is 6.80. The molecule has 3 heteroatoms. The quantitative estimate of drug-likeness (QED) is 0.400. The van der Waals surface area contributed by atoms with E-state index in [9.17, 15) is 0 Å². The summed E-state index contributed by atoms with van der Waals surface area (Å²) >= 11 is 0. The average Bonchev–Trinajstić information content (AvgIpc) is 2.59. The first-order valence-electron chi connectivity index (χ1n) is 3.87. The van der Waals surface area contributed by atoms with Crippen molar-refractivity contribution in [3.05, 3.63) is 12.2 Å². The van der Waals surface area contributed by atoms with E-state index in [0.717, 1.165) is 13.2 Å². The Balaban J connectivity index is 1.91. The molecule has 10 heavy (non-hydrogen) atoms. The number of hydrogen-bond acceptors (Lipinski definition) is 2. The molecule has 0 radical (unpaired) electrons. The van der Waals surface area contributed by atoms with Gasteiger partial charge in [-0.3, -0.25) is 0 Å². The third kappa shape index (κ3) is 1.11. The molecule has 1 unspecified atom stereocenters. The zero-order chi connectivity index (χ0) is 6.81. The van der Waals surface area contributed by atoms with Gasteiger partial charge in [0.1, 0.15) is 0 Å². The highest BCUT2D eigenvalue weighted by atomic mass is 16.6. The van der Waals surface area contributed by atoms with Crippen LogP contribution in [0.3, 0.4) is 0 Å². The van der Waals surface area contributed by atoms with E-state index >= 15 is 0 Å². The van der Waals surface area contributed by atoms with Gasteiger partial charge in [0.2, 0.25) is 0 Å². The standard InChI is InChI=1S/C7H11BO2/c1-2-4-7(3-1)8-9-5-6-10-8/h1,3,7H,2,4-6H2. The SMILES string of the molecule is C1=CC(B2OCCO2)CC1. The zero-order valence-corrected chi connectivity index (χ0v) is 5.95. The Bertz CT molecular complexity index is 141. The molecule has 0 spiro atoms. The maximum atomic E-state index is 5.36. The molecule has 1 fully saturated rings. The topological polar surface area (TPSA) is 18.5 Å². The van der Waals surface area contributed by atoms with Gasteiger partial charge < -0.3 is 9.31 Å². The van der Waals surface area contributed by atoms with Gasteiger partial charge in [-0.05, 0) is 12.8 Å². The minimum Gasteiger partial charge on any atom is -0.408 e. The molecule has 2 rings (SSSR count). The summed E-state index contributed by atoms with van der Waals surface area (Å²) in [5.74, 6) is 0.530. The fourth-order valence-electron chi connectivity index (χ4n) is 1.51. The van der Waals surface area contributed by atoms with E-state index in [1.165, 1.54) is 12.8 Å². The lowest BCUT2D eigenvalue weighted by molar-refractivity contribution is 0.364. The molecular weight excluding hydrogens is 127 g/mol. The second-order valence-electron chi connectivity index (χ2n) is 2.78. The van der Waals surface area contributed by atoms with Gasteiger partial charge in [0.15, 0.2) is 0 Å². The van der Waals surface area contributed by atoms with Crippen LogP contribution in [0, 0.1) is 0 Å². The molecular formula is C7H11BO2. The summed E-state index contributed by atoms with van der Waals surface area (Å²) in [7, 11) is 0.0683. The van der Waals surface area contributed by atoms with Gasteiger partial charge >= 0.3 is 7.12 Å². The largest absolute Gasteiger partial charge is 0.464 e. The molecule has 0 N–H and O–H groups in total. The fourth-order valence-corrected chi connectivity index (χ4v) is 1.51. The molecule has 0 saturated carbocycles. The first kappa shape index (κ1) is 6.44. The average molecular weight is 138 g/mol. The van der Waals surface area contributed by atoms with Gasteiger partial charge in [-0.1, -0.05) is 12.2 Å². The summed E-state index contributed by atoms with van der Waals surface area (Å²) in [5, 5.41) is 0. The van der Waals surface area contributed by atoms with Crippen molar-refractivity contribution < 1.29 is 9.31 Å². The minimum atomic E-state index is 0.0683. The van der Waals surface area contributed by atoms with Crippen LogP contribution >= 0.6 is 0 Å². The fraction of sp³-hybridized carbons (Fsp3) is 0.714.